The summed E-state index contributed by atoms with van der Waals surface area (Å²) in [7, 11) is 1.37. The van der Waals surface area contributed by atoms with Gasteiger partial charge in [0.05, 0.1) is 5.69 Å². The zero-order chi connectivity index (χ0) is 20.1. The lowest BCUT2D eigenvalue weighted by molar-refractivity contribution is -0.151. The zero-order valence-corrected chi connectivity index (χ0v) is 16.2. The normalized spacial score (nSPS) is 12.1. The van der Waals surface area contributed by atoms with E-state index in [0.717, 1.165) is 6.08 Å². The Bertz CT molecular complexity index is 1040. The summed E-state index contributed by atoms with van der Waals surface area (Å²) in [6.07, 6.45) is 3.08. The van der Waals surface area contributed by atoms with Crippen LogP contribution in [0.25, 0.3) is 11.0 Å². The minimum absolute atomic E-state index is 0.243. The number of imide groups is 1. The van der Waals surface area contributed by atoms with Crippen LogP contribution in [0.1, 0.15) is 17.4 Å². The number of benzene rings is 1. The summed E-state index contributed by atoms with van der Waals surface area (Å²) >= 11 is 7.48. The SMILES string of the molecule is CNC(=O)NC(=O)C(OC(=O)C=Cc1c(Cl)nc2sccn12)c1ccccc1. The van der Waals surface area contributed by atoms with Crippen molar-refractivity contribution >= 4 is 51.9 Å². The predicted molar refractivity (Wildman–Crippen MR) is 105 cm³/mol. The summed E-state index contributed by atoms with van der Waals surface area (Å²) in [6, 6.07) is 7.68. The van der Waals surface area contributed by atoms with Crippen molar-refractivity contribution in [2.45, 2.75) is 6.10 Å². The van der Waals surface area contributed by atoms with Crippen molar-refractivity contribution in [2.75, 3.05) is 7.05 Å². The fourth-order valence-corrected chi connectivity index (χ4v) is 3.37. The smallest absolute Gasteiger partial charge is 0.331 e. The Balaban J connectivity index is 1.79. The van der Waals surface area contributed by atoms with Gasteiger partial charge in [-0.1, -0.05) is 41.9 Å². The summed E-state index contributed by atoms with van der Waals surface area (Å²) in [5.41, 5.74) is 0.939. The summed E-state index contributed by atoms with van der Waals surface area (Å²) in [4.78, 5) is 41.0. The molecule has 1 atom stereocenters. The molecule has 0 aliphatic heterocycles. The number of nitrogens with one attached hydrogen (secondary N) is 2. The van der Waals surface area contributed by atoms with E-state index in [0.29, 0.717) is 16.2 Å². The molecule has 1 aromatic carbocycles. The number of halogens is 1. The molecule has 0 radical (unpaired) electrons. The van der Waals surface area contributed by atoms with Gasteiger partial charge in [-0.15, -0.1) is 11.3 Å². The van der Waals surface area contributed by atoms with E-state index in [1.807, 2.05) is 5.38 Å². The topological polar surface area (TPSA) is 102 Å². The summed E-state index contributed by atoms with van der Waals surface area (Å²) in [5, 5.41) is 6.46. The molecule has 2 aromatic heterocycles. The van der Waals surface area contributed by atoms with Gasteiger partial charge in [-0.25, -0.2) is 14.6 Å². The van der Waals surface area contributed by atoms with Gasteiger partial charge in [-0.05, 0) is 6.08 Å². The lowest BCUT2D eigenvalue weighted by atomic mass is 10.1. The van der Waals surface area contributed by atoms with Crippen molar-refractivity contribution in [2.24, 2.45) is 0 Å². The molecule has 8 nitrogen and oxygen atoms in total. The Hall–Kier alpha value is -3.17. The van der Waals surface area contributed by atoms with Gasteiger partial charge in [-0.3, -0.25) is 14.5 Å². The first kappa shape index (κ1) is 19.6. The second-order valence-electron chi connectivity index (χ2n) is 5.47. The highest BCUT2D eigenvalue weighted by molar-refractivity contribution is 7.15. The summed E-state index contributed by atoms with van der Waals surface area (Å²) in [6.45, 7) is 0. The highest BCUT2D eigenvalue weighted by Crippen LogP contribution is 2.23. The lowest BCUT2D eigenvalue weighted by Gasteiger charge is -2.16. The molecular weight excluding hydrogens is 404 g/mol. The quantitative estimate of drug-likeness (QED) is 0.490. The van der Waals surface area contributed by atoms with Crippen molar-refractivity contribution in [1.29, 1.82) is 0 Å². The number of fused-ring (bicyclic) bond motifs is 1. The third-order valence-corrected chi connectivity index (χ3v) is 4.70. The molecule has 1 unspecified atom stereocenters. The molecule has 3 aromatic rings. The maximum atomic E-state index is 12.4. The molecule has 144 valence electrons. The maximum absolute atomic E-state index is 12.4. The first-order valence-corrected chi connectivity index (χ1v) is 9.32. The number of hydrogen-bond donors (Lipinski definition) is 2. The van der Waals surface area contributed by atoms with E-state index in [2.05, 4.69) is 15.6 Å². The number of carbonyl (C=O) groups is 3. The van der Waals surface area contributed by atoms with Gasteiger partial charge in [-0.2, -0.15) is 0 Å². The Morgan fingerprint density at radius 3 is 2.75 bits per heavy atom. The van der Waals surface area contributed by atoms with Crippen molar-refractivity contribution in [1.82, 2.24) is 20.0 Å². The van der Waals surface area contributed by atoms with Crippen LogP contribution in [0.15, 0.2) is 48.0 Å². The van der Waals surface area contributed by atoms with Crippen LogP contribution in [0.5, 0.6) is 0 Å². The van der Waals surface area contributed by atoms with Crippen LogP contribution < -0.4 is 10.6 Å². The highest BCUT2D eigenvalue weighted by Gasteiger charge is 2.25. The summed E-state index contributed by atoms with van der Waals surface area (Å²) in [5.74, 6) is -1.54. The number of thiazole rings is 1. The molecule has 3 amide bonds. The second kappa shape index (κ2) is 8.68. The van der Waals surface area contributed by atoms with Crippen molar-refractivity contribution < 1.29 is 19.1 Å². The number of rotatable bonds is 5. The van der Waals surface area contributed by atoms with Crippen LogP contribution in [0.2, 0.25) is 5.15 Å². The van der Waals surface area contributed by atoms with Gasteiger partial charge in [0.1, 0.15) is 0 Å². The molecule has 0 bridgehead atoms. The molecule has 2 heterocycles. The van der Waals surface area contributed by atoms with Gasteiger partial charge in [0.15, 0.2) is 10.1 Å². The number of nitrogens with zero attached hydrogens (tertiary/aromatic N) is 2. The van der Waals surface area contributed by atoms with E-state index < -0.39 is 24.0 Å². The molecular formula is C18H15ClN4O4S. The van der Waals surface area contributed by atoms with Gasteiger partial charge in [0.25, 0.3) is 5.91 Å². The number of carbonyl (C=O) groups excluding carboxylic acids is 3. The number of aromatic nitrogens is 2. The minimum Gasteiger partial charge on any atom is -0.444 e. The van der Waals surface area contributed by atoms with Crippen molar-refractivity contribution in [3.63, 3.8) is 0 Å². The van der Waals surface area contributed by atoms with E-state index in [1.54, 1.807) is 40.9 Å². The molecule has 0 fully saturated rings. The van der Waals surface area contributed by atoms with Crippen molar-refractivity contribution in [3.8, 4) is 0 Å². The van der Waals surface area contributed by atoms with E-state index in [-0.39, 0.29) is 5.15 Å². The molecule has 3 rings (SSSR count). The number of imidazole rings is 1. The molecule has 0 aliphatic rings. The number of ether oxygens (including phenoxy) is 1. The average molecular weight is 419 g/mol. The first-order chi connectivity index (χ1) is 13.5. The number of esters is 1. The third kappa shape index (κ3) is 4.38. The number of urea groups is 1. The second-order valence-corrected chi connectivity index (χ2v) is 6.70. The maximum Gasteiger partial charge on any atom is 0.331 e. The largest absolute Gasteiger partial charge is 0.444 e. The minimum atomic E-state index is -1.29. The molecule has 0 aliphatic carbocycles. The van der Waals surface area contributed by atoms with E-state index in [1.165, 1.54) is 24.5 Å². The fraction of sp³-hybridized carbons (Fsp3) is 0.111. The van der Waals surface area contributed by atoms with E-state index in [9.17, 15) is 14.4 Å². The first-order valence-electron chi connectivity index (χ1n) is 8.07. The average Bonchev–Trinajstić information content (AvgIpc) is 3.25. The van der Waals surface area contributed by atoms with Crippen LogP contribution in [-0.2, 0) is 14.3 Å². The fourth-order valence-electron chi connectivity index (χ4n) is 2.37. The molecule has 28 heavy (non-hydrogen) atoms. The molecule has 0 saturated carbocycles. The van der Waals surface area contributed by atoms with Gasteiger partial charge < -0.3 is 10.1 Å². The molecule has 0 saturated heterocycles. The number of amides is 3. The monoisotopic (exact) mass is 418 g/mol. The standard InChI is InChI=1S/C18H15ClN4O4S/c1-20-17(26)22-16(25)14(11-5-3-2-4-6-11)27-13(24)8-7-12-15(19)21-18-23(12)9-10-28-18/h2-10,14H,1H3,(H2,20,22,25,26). The zero-order valence-electron chi connectivity index (χ0n) is 14.6. The van der Waals surface area contributed by atoms with Crippen LogP contribution in [0, 0.1) is 0 Å². The Labute approximate surface area is 168 Å². The van der Waals surface area contributed by atoms with Crippen LogP contribution in [0.3, 0.4) is 0 Å². The summed E-state index contributed by atoms with van der Waals surface area (Å²) < 4.78 is 7.01. The van der Waals surface area contributed by atoms with E-state index in [4.69, 9.17) is 16.3 Å². The molecule has 10 heteroatoms. The third-order valence-electron chi connectivity index (χ3n) is 3.67. The van der Waals surface area contributed by atoms with Gasteiger partial charge in [0.2, 0.25) is 6.10 Å². The van der Waals surface area contributed by atoms with Crippen LogP contribution >= 0.6 is 22.9 Å². The Morgan fingerprint density at radius 2 is 2.04 bits per heavy atom. The van der Waals surface area contributed by atoms with Gasteiger partial charge >= 0.3 is 12.0 Å². The molecule has 2 N–H and O–H groups in total. The van der Waals surface area contributed by atoms with Crippen molar-refractivity contribution in [3.05, 3.63) is 64.4 Å². The van der Waals surface area contributed by atoms with Crippen LogP contribution in [-0.4, -0.2) is 34.3 Å². The highest BCUT2D eigenvalue weighted by atomic mass is 35.5. The predicted octanol–water partition coefficient (Wildman–Crippen LogP) is 2.80. The Morgan fingerprint density at radius 1 is 1.29 bits per heavy atom. The van der Waals surface area contributed by atoms with Gasteiger partial charge in [0, 0.05) is 30.3 Å². The van der Waals surface area contributed by atoms with Crippen LogP contribution in [0.4, 0.5) is 4.79 Å². The Kier molecular flexibility index (Phi) is 6.07. The lowest BCUT2D eigenvalue weighted by Crippen LogP contribution is -2.41. The number of hydrogen-bond acceptors (Lipinski definition) is 6. The van der Waals surface area contributed by atoms with E-state index >= 15 is 0 Å². The molecule has 0 spiro atoms.